The van der Waals surface area contributed by atoms with Crippen LogP contribution in [0.25, 0.3) is 0 Å². The maximum absolute atomic E-state index is 10.4. The molecule has 3 nitrogen and oxygen atoms in total. The monoisotopic (exact) mass is 789 g/mol. The lowest BCUT2D eigenvalue weighted by atomic mass is 10.0. The lowest BCUT2D eigenvalue weighted by Gasteiger charge is -2.28. The third-order valence-corrected chi connectivity index (χ3v) is 17.5. The lowest BCUT2D eigenvalue weighted by molar-refractivity contribution is 0.459. The number of unbranched alkanes of at least 4 members (excludes halogenated alkanes) is 33. The van der Waals surface area contributed by atoms with Crippen molar-refractivity contribution in [3.8, 4) is 0 Å². The van der Waals surface area contributed by atoms with Gasteiger partial charge in [-0.05, 0) is 57.8 Å². The molecule has 0 fully saturated rings. The molecular weight excluding hydrogens is 688 g/mol. The largest absolute Gasteiger partial charge is 0.748 e. The smallest absolute Gasteiger partial charge is 0.0945 e. The van der Waals surface area contributed by atoms with E-state index in [4.69, 9.17) is 0 Å². The molecule has 53 heavy (non-hydrogen) atoms. The minimum atomic E-state index is -3.99. The molecule has 5 heteroatoms. The SMILES string of the molecule is CCCCCCCCCCCCCCCCS(=O)(=O)[O-].CCCCCCCC[P+](CCCCCCCC)(CCCCCCCC)CCCCCCCC. The molecule has 0 heterocycles. The summed E-state index contributed by atoms with van der Waals surface area (Å²) in [7, 11) is -4.71. The first-order valence-electron chi connectivity index (χ1n) is 24.6. The van der Waals surface area contributed by atoms with Gasteiger partial charge in [0.15, 0.2) is 0 Å². The third-order valence-electron chi connectivity index (χ3n) is 11.7. The Bertz CT molecular complexity index is 701. The summed E-state index contributed by atoms with van der Waals surface area (Å²) in [6.07, 6.45) is 59.3. The highest BCUT2D eigenvalue weighted by atomic mass is 32.2. The van der Waals surface area contributed by atoms with Crippen molar-refractivity contribution in [3.05, 3.63) is 0 Å². The van der Waals surface area contributed by atoms with Gasteiger partial charge in [-0.3, -0.25) is 0 Å². The highest BCUT2D eigenvalue weighted by Gasteiger charge is 2.35. The van der Waals surface area contributed by atoms with Crippen LogP contribution in [0, 0.1) is 0 Å². The van der Waals surface area contributed by atoms with Gasteiger partial charge >= 0.3 is 0 Å². The van der Waals surface area contributed by atoms with Crippen LogP contribution in [-0.4, -0.2) is 43.4 Å². The van der Waals surface area contributed by atoms with Gasteiger partial charge in [0.05, 0.1) is 34.8 Å². The van der Waals surface area contributed by atoms with E-state index in [0.717, 1.165) is 12.8 Å². The normalized spacial score (nSPS) is 12.0. The van der Waals surface area contributed by atoms with Crippen molar-refractivity contribution in [3.63, 3.8) is 0 Å². The van der Waals surface area contributed by atoms with E-state index in [0.29, 0.717) is 6.42 Å². The molecule has 0 aromatic heterocycles. The van der Waals surface area contributed by atoms with Gasteiger partial charge in [0, 0.05) is 13.0 Å². The molecule has 0 aromatic rings. The van der Waals surface area contributed by atoms with Crippen molar-refractivity contribution in [1.82, 2.24) is 0 Å². The molecule has 0 spiro atoms. The van der Waals surface area contributed by atoms with Gasteiger partial charge in [-0.25, -0.2) is 8.42 Å². The predicted molar refractivity (Wildman–Crippen MR) is 245 cm³/mol. The van der Waals surface area contributed by atoms with Crippen LogP contribution < -0.4 is 0 Å². The van der Waals surface area contributed by atoms with Crippen LogP contribution >= 0.6 is 7.26 Å². The minimum absolute atomic E-state index is 0.189. The van der Waals surface area contributed by atoms with Crippen LogP contribution in [0.15, 0.2) is 0 Å². The summed E-state index contributed by atoms with van der Waals surface area (Å²) in [5.74, 6) is -0.189. The summed E-state index contributed by atoms with van der Waals surface area (Å²) in [5, 5.41) is 0. The number of hydrogen-bond donors (Lipinski definition) is 0. The van der Waals surface area contributed by atoms with Gasteiger partial charge in [-0.15, -0.1) is 0 Å². The third kappa shape index (κ3) is 46.6. The molecule has 0 amide bonds. The first kappa shape index (κ1) is 55.4. The second-order valence-corrected chi connectivity index (χ2v) is 23.2. The van der Waals surface area contributed by atoms with E-state index >= 15 is 0 Å². The highest BCUT2D eigenvalue weighted by Crippen LogP contribution is 2.61. The summed E-state index contributed by atoms with van der Waals surface area (Å²) in [6.45, 7) is 11.6. The molecular formula is C48H101O3PS. The van der Waals surface area contributed by atoms with Gasteiger partial charge in [0.2, 0.25) is 0 Å². The molecule has 0 aliphatic rings. The highest BCUT2D eigenvalue weighted by molar-refractivity contribution is 7.85. The fourth-order valence-electron chi connectivity index (χ4n) is 8.05. The Morgan fingerprint density at radius 2 is 0.453 bits per heavy atom. The summed E-state index contributed by atoms with van der Waals surface area (Å²) in [5.41, 5.74) is 0. The van der Waals surface area contributed by atoms with Crippen LogP contribution in [0.1, 0.15) is 279 Å². The van der Waals surface area contributed by atoms with Crippen molar-refractivity contribution < 1.29 is 13.0 Å². The van der Waals surface area contributed by atoms with Crippen molar-refractivity contribution >= 4 is 17.4 Å². The van der Waals surface area contributed by atoms with Gasteiger partial charge in [0.1, 0.15) is 0 Å². The fraction of sp³-hybridized carbons (Fsp3) is 1.00. The molecule has 0 aliphatic heterocycles. The van der Waals surface area contributed by atoms with Crippen LogP contribution in [0.5, 0.6) is 0 Å². The average molecular weight is 789 g/mol. The standard InChI is InChI=1S/C32H68P.C16H34O3S/c1-5-9-13-17-21-25-29-33(30-26-22-18-14-10-6-2,31-27-23-19-15-11-7-3)32-28-24-20-16-12-8-4;1-2-3-4-5-6-7-8-9-10-11-12-13-14-15-16-20(17,18)19/h5-32H2,1-4H3;2-16H2,1H3,(H,17,18,19)/q+1;/p-1. The van der Waals surface area contributed by atoms with Gasteiger partial charge in [0.25, 0.3) is 0 Å². The van der Waals surface area contributed by atoms with E-state index in [1.165, 1.54) is 199 Å². The Balaban J connectivity index is 0. The minimum Gasteiger partial charge on any atom is -0.748 e. The molecule has 0 bridgehead atoms. The van der Waals surface area contributed by atoms with E-state index in [2.05, 4.69) is 34.6 Å². The van der Waals surface area contributed by atoms with E-state index in [-0.39, 0.29) is 5.75 Å². The summed E-state index contributed by atoms with van der Waals surface area (Å²) < 4.78 is 31.2. The molecule has 0 saturated heterocycles. The topological polar surface area (TPSA) is 57.2 Å². The molecule has 0 saturated carbocycles. The van der Waals surface area contributed by atoms with E-state index in [1.807, 2.05) is 0 Å². The number of rotatable bonds is 43. The second kappa shape index (κ2) is 45.0. The van der Waals surface area contributed by atoms with Gasteiger partial charge in [-0.1, -0.05) is 221 Å². The lowest BCUT2D eigenvalue weighted by Crippen LogP contribution is -2.13. The van der Waals surface area contributed by atoms with Crippen molar-refractivity contribution in [2.24, 2.45) is 0 Å². The molecule has 0 atom stereocenters. The summed E-state index contributed by atoms with van der Waals surface area (Å²) in [4.78, 5) is 0. The molecule has 0 aromatic carbocycles. The van der Waals surface area contributed by atoms with E-state index in [1.54, 1.807) is 50.3 Å². The summed E-state index contributed by atoms with van der Waals surface area (Å²) >= 11 is 0. The van der Waals surface area contributed by atoms with Gasteiger partial charge in [-0.2, -0.15) is 0 Å². The molecule has 0 unspecified atom stereocenters. The zero-order valence-electron chi connectivity index (χ0n) is 37.5. The van der Waals surface area contributed by atoms with Crippen molar-refractivity contribution in [2.75, 3.05) is 30.4 Å². The number of hydrogen-bond acceptors (Lipinski definition) is 3. The van der Waals surface area contributed by atoms with Crippen molar-refractivity contribution in [2.45, 2.75) is 279 Å². The van der Waals surface area contributed by atoms with E-state index < -0.39 is 17.4 Å². The van der Waals surface area contributed by atoms with Crippen LogP contribution in [0.4, 0.5) is 0 Å². The zero-order valence-corrected chi connectivity index (χ0v) is 39.2. The summed E-state index contributed by atoms with van der Waals surface area (Å²) in [6, 6.07) is 0. The van der Waals surface area contributed by atoms with E-state index in [9.17, 15) is 13.0 Å². The second-order valence-electron chi connectivity index (χ2n) is 17.2. The zero-order chi connectivity index (χ0) is 39.4. The van der Waals surface area contributed by atoms with Crippen LogP contribution in [0.3, 0.4) is 0 Å². The quantitative estimate of drug-likeness (QED) is 0.0351. The molecule has 322 valence electrons. The Labute approximate surface area is 338 Å². The van der Waals surface area contributed by atoms with Crippen molar-refractivity contribution in [1.29, 1.82) is 0 Å². The Hall–Kier alpha value is 0.340. The first-order valence-corrected chi connectivity index (χ1v) is 28.7. The van der Waals surface area contributed by atoms with Crippen LogP contribution in [-0.2, 0) is 10.1 Å². The Morgan fingerprint density at radius 3 is 0.642 bits per heavy atom. The Morgan fingerprint density at radius 1 is 0.283 bits per heavy atom. The Kier molecular flexibility index (Phi) is 47.1. The predicted octanol–water partition coefficient (Wildman–Crippen LogP) is 17.5. The van der Waals surface area contributed by atoms with Gasteiger partial charge < -0.3 is 4.55 Å². The average Bonchev–Trinajstić information content (AvgIpc) is 3.14. The molecule has 0 N–H and O–H groups in total. The first-order chi connectivity index (χ1) is 25.8. The maximum Gasteiger partial charge on any atom is 0.0945 e. The molecule has 0 radical (unpaired) electrons. The fourth-order valence-corrected chi connectivity index (χ4v) is 13.5. The molecule has 0 rings (SSSR count). The maximum atomic E-state index is 10.4. The molecule has 0 aliphatic carbocycles. The van der Waals surface area contributed by atoms with Crippen LogP contribution in [0.2, 0.25) is 0 Å².